The molecule has 140 valence electrons. The van der Waals surface area contributed by atoms with Gasteiger partial charge in [-0.2, -0.15) is 0 Å². The number of para-hydroxylation sites is 2. The average molecular weight is 362 g/mol. The van der Waals surface area contributed by atoms with E-state index in [9.17, 15) is 9.59 Å². The number of aromatic nitrogens is 1. The van der Waals surface area contributed by atoms with E-state index in [-0.39, 0.29) is 11.5 Å². The van der Waals surface area contributed by atoms with Gasteiger partial charge in [-0.3, -0.25) is 14.2 Å². The van der Waals surface area contributed by atoms with E-state index >= 15 is 0 Å². The largest absolute Gasteiger partial charge is 0.324 e. The number of nitrogens with one attached hydrogen (secondary N) is 1. The van der Waals surface area contributed by atoms with Crippen LogP contribution in [0.3, 0.4) is 0 Å². The van der Waals surface area contributed by atoms with Crippen LogP contribution in [0.5, 0.6) is 0 Å². The second kappa shape index (κ2) is 7.39. The first-order valence-corrected chi connectivity index (χ1v) is 9.33. The van der Waals surface area contributed by atoms with Crippen molar-refractivity contribution in [2.75, 3.05) is 5.32 Å². The Bertz CT molecular complexity index is 1060. The number of carbonyl (C=O) groups is 1. The molecule has 27 heavy (non-hydrogen) atoms. The van der Waals surface area contributed by atoms with Crippen molar-refractivity contribution in [2.45, 2.75) is 47.1 Å². The molecular weight excluding hydrogens is 336 g/mol. The van der Waals surface area contributed by atoms with Crippen LogP contribution in [0.2, 0.25) is 0 Å². The Morgan fingerprint density at radius 2 is 1.56 bits per heavy atom. The van der Waals surface area contributed by atoms with Crippen LogP contribution in [0, 0.1) is 27.7 Å². The number of fused-ring (bicyclic) bond motifs is 1. The highest BCUT2D eigenvalue weighted by Gasteiger charge is 2.23. The van der Waals surface area contributed by atoms with E-state index in [2.05, 4.69) is 5.32 Å². The molecule has 0 saturated heterocycles. The van der Waals surface area contributed by atoms with Gasteiger partial charge < -0.3 is 5.32 Å². The molecule has 0 fully saturated rings. The molecule has 4 nitrogen and oxygen atoms in total. The molecule has 0 aliphatic heterocycles. The number of pyridine rings is 1. The van der Waals surface area contributed by atoms with E-state index in [1.54, 1.807) is 10.6 Å². The molecule has 0 aliphatic carbocycles. The van der Waals surface area contributed by atoms with Gasteiger partial charge in [0.15, 0.2) is 0 Å². The summed E-state index contributed by atoms with van der Waals surface area (Å²) in [5.74, 6) is -0.162. The van der Waals surface area contributed by atoms with Crippen molar-refractivity contribution < 1.29 is 4.79 Å². The number of carbonyl (C=O) groups excluding carboxylic acids is 1. The van der Waals surface area contributed by atoms with Crippen LogP contribution in [0.1, 0.15) is 41.6 Å². The Labute approximate surface area is 159 Å². The van der Waals surface area contributed by atoms with Crippen molar-refractivity contribution in [1.82, 2.24) is 4.57 Å². The average Bonchev–Trinajstić information content (AvgIpc) is 2.62. The first kappa shape index (κ1) is 18.9. The maximum absolute atomic E-state index is 13.2. The summed E-state index contributed by atoms with van der Waals surface area (Å²) in [7, 11) is 0. The Balaban J connectivity index is 2.14. The lowest BCUT2D eigenvalue weighted by Gasteiger charge is -2.23. The SMILES string of the molecule is CCC(C(=O)Nc1c(C)cccc1C)n1c(=O)cc(C)c2cccc(C)c21. The number of rotatable bonds is 4. The number of aryl methyl sites for hydroxylation is 4. The fourth-order valence-corrected chi connectivity index (χ4v) is 3.75. The smallest absolute Gasteiger partial charge is 0.252 e. The summed E-state index contributed by atoms with van der Waals surface area (Å²) in [5, 5.41) is 4.06. The summed E-state index contributed by atoms with van der Waals surface area (Å²) in [6.07, 6.45) is 0.531. The first-order valence-electron chi connectivity index (χ1n) is 9.33. The summed E-state index contributed by atoms with van der Waals surface area (Å²) in [6.45, 7) is 9.80. The van der Waals surface area contributed by atoms with Crippen LogP contribution in [-0.2, 0) is 4.79 Å². The lowest BCUT2D eigenvalue weighted by Crippen LogP contribution is -2.33. The molecule has 1 aromatic heterocycles. The minimum absolute atomic E-state index is 0.141. The van der Waals surface area contributed by atoms with Crippen LogP contribution in [0.4, 0.5) is 5.69 Å². The number of hydrogen-bond donors (Lipinski definition) is 1. The summed E-state index contributed by atoms with van der Waals surface area (Å²) in [4.78, 5) is 26.1. The summed E-state index contributed by atoms with van der Waals surface area (Å²) in [6, 6.07) is 12.9. The van der Waals surface area contributed by atoms with Crippen LogP contribution in [0.25, 0.3) is 10.9 Å². The van der Waals surface area contributed by atoms with Gasteiger partial charge in [-0.05, 0) is 56.4 Å². The zero-order valence-corrected chi connectivity index (χ0v) is 16.6. The predicted molar refractivity (Wildman–Crippen MR) is 112 cm³/mol. The summed E-state index contributed by atoms with van der Waals surface area (Å²) in [5.41, 5.74) is 5.46. The third-order valence-electron chi connectivity index (χ3n) is 5.21. The number of nitrogens with zero attached hydrogens (tertiary/aromatic N) is 1. The predicted octanol–water partition coefficient (Wildman–Crippen LogP) is 4.82. The maximum atomic E-state index is 13.2. The molecule has 3 aromatic rings. The van der Waals surface area contributed by atoms with Gasteiger partial charge in [-0.25, -0.2) is 0 Å². The highest BCUT2D eigenvalue weighted by Crippen LogP contribution is 2.26. The van der Waals surface area contributed by atoms with Crippen molar-refractivity contribution in [3.63, 3.8) is 0 Å². The fourth-order valence-electron chi connectivity index (χ4n) is 3.75. The molecule has 0 radical (unpaired) electrons. The Hall–Kier alpha value is -2.88. The summed E-state index contributed by atoms with van der Waals surface area (Å²) < 4.78 is 1.65. The van der Waals surface area contributed by atoms with Gasteiger partial charge in [-0.1, -0.05) is 43.3 Å². The number of anilines is 1. The Kier molecular flexibility index (Phi) is 5.17. The van der Waals surface area contributed by atoms with Gasteiger partial charge in [0.2, 0.25) is 5.91 Å². The molecule has 1 amide bonds. The number of hydrogen-bond acceptors (Lipinski definition) is 2. The third-order valence-corrected chi connectivity index (χ3v) is 5.21. The van der Waals surface area contributed by atoms with E-state index in [1.807, 2.05) is 71.0 Å². The van der Waals surface area contributed by atoms with Gasteiger partial charge in [0, 0.05) is 17.1 Å². The van der Waals surface area contributed by atoms with Gasteiger partial charge in [0.25, 0.3) is 5.56 Å². The second-order valence-corrected chi connectivity index (χ2v) is 7.19. The first-order chi connectivity index (χ1) is 12.8. The highest BCUT2D eigenvalue weighted by molar-refractivity contribution is 5.96. The molecule has 0 spiro atoms. The Morgan fingerprint density at radius 1 is 0.963 bits per heavy atom. The topological polar surface area (TPSA) is 51.1 Å². The number of amides is 1. The minimum atomic E-state index is -0.569. The molecule has 1 N–H and O–H groups in total. The van der Waals surface area contributed by atoms with E-state index in [4.69, 9.17) is 0 Å². The zero-order valence-electron chi connectivity index (χ0n) is 16.6. The van der Waals surface area contributed by atoms with Gasteiger partial charge in [-0.15, -0.1) is 0 Å². The highest BCUT2D eigenvalue weighted by atomic mass is 16.2. The molecular formula is C23H26N2O2. The van der Waals surface area contributed by atoms with Gasteiger partial charge in [0.1, 0.15) is 6.04 Å². The van der Waals surface area contributed by atoms with Gasteiger partial charge >= 0.3 is 0 Å². The van der Waals surface area contributed by atoms with Crippen LogP contribution in [-0.4, -0.2) is 10.5 Å². The van der Waals surface area contributed by atoms with Crippen molar-refractivity contribution in [3.05, 3.63) is 75.1 Å². The van der Waals surface area contributed by atoms with E-state index in [0.29, 0.717) is 6.42 Å². The van der Waals surface area contributed by atoms with Gasteiger partial charge in [0.05, 0.1) is 5.52 Å². The molecule has 1 unspecified atom stereocenters. The second-order valence-electron chi connectivity index (χ2n) is 7.19. The fraction of sp³-hybridized carbons (Fsp3) is 0.304. The molecule has 0 bridgehead atoms. The van der Waals surface area contributed by atoms with Crippen molar-refractivity contribution in [3.8, 4) is 0 Å². The molecule has 4 heteroatoms. The number of benzene rings is 2. The lowest BCUT2D eigenvalue weighted by molar-refractivity contribution is -0.119. The van der Waals surface area contributed by atoms with E-state index < -0.39 is 6.04 Å². The maximum Gasteiger partial charge on any atom is 0.252 e. The molecule has 1 heterocycles. The standard InChI is InChI=1S/C23H26N2O2/c1-6-19(23(27)24-21-14(2)9-7-10-15(21)3)25-20(26)13-17(5)18-12-8-11-16(4)22(18)25/h7-13,19H,6H2,1-5H3,(H,24,27). The van der Waals surface area contributed by atoms with E-state index in [0.717, 1.165) is 38.8 Å². The van der Waals surface area contributed by atoms with Crippen LogP contribution >= 0.6 is 0 Å². The summed E-state index contributed by atoms with van der Waals surface area (Å²) >= 11 is 0. The van der Waals surface area contributed by atoms with Crippen molar-refractivity contribution in [2.24, 2.45) is 0 Å². The lowest BCUT2D eigenvalue weighted by atomic mass is 10.0. The zero-order chi connectivity index (χ0) is 19.7. The third kappa shape index (κ3) is 3.39. The van der Waals surface area contributed by atoms with Crippen LogP contribution in [0.15, 0.2) is 47.3 Å². The van der Waals surface area contributed by atoms with Crippen molar-refractivity contribution >= 4 is 22.5 Å². The molecule has 0 aliphatic rings. The van der Waals surface area contributed by atoms with E-state index in [1.165, 1.54) is 0 Å². The molecule has 0 saturated carbocycles. The van der Waals surface area contributed by atoms with Crippen molar-refractivity contribution in [1.29, 1.82) is 0 Å². The molecule has 1 atom stereocenters. The molecule has 2 aromatic carbocycles. The molecule has 3 rings (SSSR count). The Morgan fingerprint density at radius 3 is 2.19 bits per heavy atom. The monoisotopic (exact) mass is 362 g/mol. The minimum Gasteiger partial charge on any atom is -0.324 e. The normalized spacial score (nSPS) is 12.2. The quantitative estimate of drug-likeness (QED) is 0.723. The van der Waals surface area contributed by atoms with Crippen LogP contribution < -0.4 is 10.9 Å².